The second-order valence-corrected chi connectivity index (χ2v) is 19.2. The van der Waals surface area contributed by atoms with Gasteiger partial charge in [-0.3, -0.25) is 9.35 Å². The summed E-state index contributed by atoms with van der Waals surface area (Å²) in [6.07, 6.45) is 33.8. The van der Waals surface area contributed by atoms with Gasteiger partial charge < -0.3 is 35.2 Å². The van der Waals surface area contributed by atoms with Crippen LogP contribution in [-0.2, 0) is 28.9 Å². The molecule has 7 atom stereocenters. The van der Waals surface area contributed by atoms with E-state index in [4.69, 9.17) is 9.47 Å². The standard InChI is InChI=1S/C48H95NO11S/c1-3-5-7-9-11-13-15-17-19-21-22-23-25-27-29-31-33-35-37-42(51)41(40-58-48-46(54)47(60-61(55,56)57)45(53)43(39-50)59-48)49-44(52)38-36-34-32-30-28-26-24-20-18-16-14-12-10-8-6-4-2/h41-43,45-48,50-51,53-54H,3-40H2,1-2H3,(H,49,52)(H,55,56,57). The Labute approximate surface area is 373 Å². The summed E-state index contributed by atoms with van der Waals surface area (Å²) in [5.74, 6) is -0.225. The Morgan fingerprint density at radius 1 is 0.590 bits per heavy atom. The lowest BCUT2D eigenvalue weighted by atomic mass is 9.99. The van der Waals surface area contributed by atoms with Crippen molar-refractivity contribution in [3.05, 3.63) is 0 Å². The number of nitrogens with one attached hydrogen (secondary N) is 1. The van der Waals surface area contributed by atoms with Crippen molar-refractivity contribution in [1.82, 2.24) is 5.32 Å². The van der Waals surface area contributed by atoms with Crippen molar-refractivity contribution in [3.63, 3.8) is 0 Å². The van der Waals surface area contributed by atoms with Crippen LogP contribution in [0.15, 0.2) is 0 Å². The number of hydrogen-bond acceptors (Lipinski definition) is 10. The SMILES string of the molecule is CCCCCCCCCCCCCCCCCCCCC(O)C(COC1OC(CO)C(O)C(OS(=O)(=O)O)C1O)NC(=O)CCCCCCCCCCCCCCCCCC. The summed E-state index contributed by atoms with van der Waals surface area (Å²) in [5, 5.41) is 45.0. The van der Waals surface area contributed by atoms with E-state index in [1.165, 1.54) is 167 Å². The summed E-state index contributed by atoms with van der Waals surface area (Å²) in [7, 11) is -5.07. The molecule has 0 aliphatic carbocycles. The van der Waals surface area contributed by atoms with Crippen molar-refractivity contribution in [3.8, 4) is 0 Å². The number of hydrogen-bond donors (Lipinski definition) is 6. The van der Waals surface area contributed by atoms with E-state index in [-0.39, 0.29) is 12.5 Å². The highest BCUT2D eigenvalue weighted by molar-refractivity contribution is 7.80. The highest BCUT2D eigenvalue weighted by Gasteiger charge is 2.48. The molecule has 1 rings (SSSR count). The molecule has 0 aromatic rings. The second kappa shape index (κ2) is 39.5. The Balaban J connectivity index is 2.43. The first-order valence-corrected chi connectivity index (χ1v) is 26.8. The third-order valence-electron chi connectivity index (χ3n) is 12.4. The molecule has 1 aliphatic heterocycles. The molecule has 0 spiro atoms. The molecule has 0 bridgehead atoms. The van der Waals surface area contributed by atoms with Gasteiger partial charge in [-0.1, -0.05) is 226 Å². The molecule has 13 heteroatoms. The van der Waals surface area contributed by atoms with Gasteiger partial charge in [0.25, 0.3) is 0 Å². The molecular formula is C48H95NO11S. The van der Waals surface area contributed by atoms with Gasteiger partial charge in [-0.2, -0.15) is 8.42 Å². The number of carbonyl (C=O) groups excluding carboxylic acids is 1. The molecule has 1 saturated heterocycles. The van der Waals surface area contributed by atoms with E-state index in [0.29, 0.717) is 12.8 Å². The van der Waals surface area contributed by atoms with Crippen LogP contribution in [0.5, 0.6) is 0 Å². The largest absolute Gasteiger partial charge is 0.397 e. The van der Waals surface area contributed by atoms with Gasteiger partial charge in [-0.15, -0.1) is 0 Å². The van der Waals surface area contributed by atoms with Crippen LogP contribution in [0.1, 0.15) is 245 Å². The number of carbonyl (C=O) groups is 1. The molecule has 0 aromatic heterocycles. The Hall–Kier alpha value is -0.900. The van der Waals surface area contributed by atoms with E-state index >= 15 is 0 Å². The number of aliphatic hydroxyl groups excluding tert-OH is 4. The van der Waals surface area contributed by atoms with Gasteiger partial charge in [0.15, 0.2) is 6.29 Å². The van der Waals surface area contributed by atoms with Crippen molar-refractivity contribution < 1.29 is 51.8 Å². The molecule has 12 nitrogen and oxygen atoms in total. The molecule has 1 fully saturated rings. The van der Waals surface area contributed by atoms with Crippen LogP contribution in [0.3, 0.4) is 0 Å². The van der Waals surface area contributed by atoms with Gasteiger partial charge in [0.2, 0.25) is 5.91 Å². The summed E-state index contributed by atoms with van der Waals surface area (Å²) in [5.41, 5.74) is 0. The normalized spacial score (nSPS) is 20.5. The van der Waals surface area contributed by atoms with Gasteiger partial charge >= 0.3 is 10.4 Å². The third kappa shape index (κ3) is 32.4. The van der Waals surface area contributed by atoms with E-state index in [9.17, 15) is 38.2 Å². The zero-order chi connectivity index (χ0) is 44.8. The highest BCUT2D eigenvalue weighted by Crippen LogP contribution is 2.26. The molecule has 364 valence electrons. The smallest absolute Gasteiger partial charge is 0.394 e. The van der Waals surface area contributed by atoms with Crippen LogP contribution < -0.4 is 5.32 Å². The molecule has 1 amide bonds. The van der Waals surface area contributed by atoms with Crippen LogP contribution in [0.4, 0.5) is 0 Å². The Bertz CT molecular complexity index is 1100. The molecular weight excluding hydrogens is 799 g/mol. The Morgan fingerprint density at radius 3 is 1.31 bits per heavy atom. The fourth-order valence-corrected chi connectivity index (χ4v) is 8.97. The van der Waals surface area contributed by atoms with E-state index in [0.717, 1.165) is 51.4 Å². The quantitative estimate of drug-likeness (QED) is 0.0252. The monoisotopic (exact) mass is 894 g/mol. The predicted octanol–water partition coefficient (Wildman–Crippen LogP) is 10.6. The first-order valence-electron chi connectivity index (χ1n) is 25.4. The molecule has 1 aliphatic rings. The van der Waals surface area contributed by atoms with E-state index in [1.54, 1.807) is 0 Å². The van der Waals surface area contributed by atoms with Crippen molar-refractivity contribution in [2.75, 3.05) is 13.2 Å². The maximum absolute atomic E-state index is 13.1. The molecule has 61 heavy (non-hydrogen) atoms. The third-order valence-corrected chi connectivity index (χ3v) is 12.9. The lowest BCUT2D eigenvalue weighted by molar-refractivity contribution is -0.298. The summed E-state index contributed by atoms with van der Waals surface area (Å²) in [6.45, 7) is 3.48. The van der Waals surface area contributed by atoms with E-state index in [1.807, 2.05) is 0 Å². The van der Waals surface area contributed by atoms with Gasteiger partial charge in [-0.25, -0.2) is 4.18 Å². The van der Waals surface area contributed by atoms with Crippen LogP contribution in [0.25, 0.3) is 0 Å². The van der Waals surface area contributed by atoms with Crippen LogP contribution in [-0.4, -0.2) is 95.4 Å². The number of ether oxygens (including phenoxy) is 2. The molecule has 1 heterocycles. The first kappa shape index (κ1) is 58.1. The minimum absolute atomic E-state index is 0.225. The van der Waals surface area contributed by atoms with E-state index < -0.39 is 59.9 Å². The summed E-state index contributed by atoms with van der Waals surface area (Å²) >= 11 is 0. The number of rotatable bonds is 44. The summed E-state index contributed by atoms with van der Waals surface area (Å²) in [6, 6.07) is -0.851. The number of aliphatic hydroxyl groups is 4. The minimum atomic E-state index is -5.07. The Kier molecular flexibility index (Phi) is 37.6. The summed E-state index contributed by atoms with van der Waals surface area (Å²) < 4.78 is 47.8. The molecule has 0 radical (unpaired) electrons. The summed E-state index contributed by atoms with van der Waals surface area (Å²) in [4.78, 5) is 13.1. The van der Waals surface area contributed by atoms with Gasteiger partial charge in [0, 0.05) is 6.42 Å². The van der Waals surface area contributed by atoms with Gasteiger partial charge in [0.05, 0.1) is 25.4 Å². The average molecular weight is 894 g/mol. The highest BCUT2D eigenvalue weighted by atomic mass is 32.3. The molecule has 0 saturated carbocycles. The first-order chi connectivity index (χ1) is 29.5. The van der Waals surface area contributed by atoms with Gasteiger partial charge in [0.1, 0.15) is 24.4 Å². The van der Waals surface area contributed by atoms with Crippen LogP contribution in [0, 0.1) is 0 Å². The maximum Gasteiger partial charge on any atom is 0.397 e. The molecule has 6 N–H and O–H groups in total. The minimum Gasteiger partial charge on any atom is -0.394 e. The van der Waals surface area contributed by atoms with Crippen molar-refractivity contribution in [2.45, 2.75) is 288 Å². The number of amides is 1. The zero-order valence-corrected chi connectivity index (χ0v) is 39.8. The molecule has 0 aromatic carbocycles. The fourth-order valence-electron chi connectivity index (χ4n) is 8.46. The van der Waals surface area contributed by atoms with Crippen LogP contribution in [0.2, 0.25) is 0 Å². The van der Waals surface area contributed by atoms with Crippen LogP contribution >= 0.6 is 0 Å². The van der Waals surface area contributed by atoms with Gasteiger partial charge in [-0.05, 0) is 12.8 Å². The van der Waals surface area contributed by atoms with Crippen molar-refractivity contribution >= 4 is 16.3 Å². The zero-order valence-electron chi connectivity index (χ0n) is 39.0. The number of unbranched alkanes of at least 4 members (excludes halogenated alkanes) is 32. The lowest BCUT2D eigenvalue weighted by Gasteiger charge is -2.41. The van der Waals surface area contributed by atoms with Crippen molar-refractivity contribution in [2.24, 2.45) is 0 Å². The fraction of sp³-hybridized carbons (Fsp3) is 0.979. The molecule has 7 unspecified atom stereocenters. The lowest BCUT2D eigenvalue weighted by Crippen LogP contribution is -2.61. The second-order valence-electron chi connectivity index (χ2n) is 18.1. The maximum atomic E-state index is 13.1. The Morgan fingerprint density at radius 2 is 0.951 bits per heavy atom. The average Bonchev–Trinajstić information content (AvgIpc) is 3.23. The van der Waals surface area contributed by atoms with E-state index in [2.05, 4.69) is 23.3 Å². The predicted molar refractivity (Wildman–Crippen MR) is 246 cm³/mol. The van der Waals surface area contributed by atoms with Crippen molar-refractivity contribution in [1.29, 1.82) is 0 Å². The topological polar surface area (TPSA) is 192 Å².